The van der Waals surface area contributed by atoms with Crippen LogP contribution in [0.3, 0.4) is 0 Å². The summed E-state index contributed by atoms with van der Waals surface area (Å²) in [5, 5.41) is 2.85. The Bertz CT molecular complexity index is 543. The molecule has 0 aromatic heterocycles. The van der Waals surface area contributed by atoms with Crippen molar-refractivity contribution in [2.75, 3.05) is 20.8 Å². The van der Waals surface area contributed by atoms with Crippen LogP contribution in [0.4, 0.5) is 0 Å². The van der Waals surface area contributed by atoms with Crippen LogP contribution >= 0.6 is 0 Å². The van der Waals surface area contributed by atoms with E-state index >= 15 is 0 Å². The number of rotatable bonds is 8. The van der Waals surface area contributed by atoms with Crippen LogP contribution in [0.1, 0.15) is 32.8 Å². The lowest BCUT2D eigenvalue weighted by Crippen LogP contribution is -2.38. The highest BCUT2D eigenvalue weighted by Gasteiger charge is 2.14. The lowest BCUT2D eigenvalue weighted by atomic mass is 10.2. The molecule has 6 nitrogen and oxygen atoms in total. The molecule has 0 saturated carbocycles. The third-order valence-corrected chi connectivity index (χ3v) is 3.55. The van der Waals surface area contributed by atoms with Gasteiger partial charge in [-0.1, -0.05) is 6.07 Å². The zero-order valence-electron chi connectivity index (χ0n) is 14.5. The minimum Gasteiger partial charge on any atom is -0.493 e. The Kier molecular flexibility index (Phi) is 7.38. The summed E-state index contributed by atoms with van der Waals surface area (Å²) in [4.78, 5) is 25.1. The number of nitrogens with one attached hydrogen (secondary N) is 1. The van der Waals surface area contributed by atoms with E-state index in [1.807, 2.05) is 26.0 Å². The van der Waals surface area contributed by atoms with Gasteiger partial charge in [-0.2, -0.15) is 0 Å². The molecule has 0 fully saturated rings. The van der Waals surface area contributed by atoms with Crippen LogP contribution in [-0.4, -0.2) is 43.5 Å². The summed E-state index contributed by atoms with van der Waals surface area (Å²) in [6.07, 6.45) is 0.283. The van der Waals surface area contributed by atoms with E-state index in [0.29, 0.717) is 24.6 Å². The zero-order chi connectivity index (χ0) is 17.4. The predicted molar refractivity (Wildman–Crippen MR) is 88.5 cm³/mol. The van der Waals surface area contributed by atoms with Crippen LogP contribution < -0.4 is 14.8 Å². The summed E-state index contributed by atoms with van der Waals surface area (Å²) in [6, 6.07) is 5.59. The molecule has 1 aromatic carbocycles. The van der Waals surface area contributed by atoms with Crippen LogP contribution in [0, 0.1) is 0 Å². The number of hydrogen-bond acceptors (Lipinski definition) is 4. The van der Waals surface area contributed by atoms with E-state index in [0.717, 1.165) is 5.56 Å². The van der Waals surface area contributed by atoms with Gasteiger partial charge >= 0.3 is 0 Å². The lowest BCUT2D eigenvalue weighted by Gasteiger charge is -2.24. The molecule has 1 N–H and O–H groups in total. The SMILES string of the molecule is COc1ccc(CNC(=O)CCN(C(C)=O)C(C)C)cc1OC. The Morgan fingerprint density at radius 1 is 1.17 bits per heavy atom. The molecule has 0 aliphatic carbocycles. The largest absolute Gasteiger partial charge is 0.493 e. The highest BCUT2D eigenvalue weighted by Crippen LogP contribution is 2.27. The average Bonchev–Trinajstić information content (AvgIpc) is 2.51. The van der Waals surface area contributed by atoms with Gasteiger partial charge in [0, 0.05) is 32.5 Å². The van der Waals surface area contributed by atoms with Crippen LogP contribution in [-0.2, 0) is 16.1 Å². The Morgan fingerprint density at radius 2 is 1.83 bits per heavy atom. The molecular formula is C17H26N2O4. The van der Waals surface area contributed by atoms with Gasteiger partial charge in [-0.05, 0) is 31.5 Å². The van der Waals surface area contributed by atoms with Crippen molar-refractivity contribution in [1.82, 2.24) is 10.2 Å². The molecule has 0 saturated heterocycles. The molecule has 0 heterocycles. The maximum atomic E-state index is 11.9. The molecule has 0 atom stereocenters. The monoisotopic (exact) mass is 322 g/mol. The second-order valence-electron chi connectivity index (χ2n) is 5.52. The van der Waals surface area contributed by atoms with E-state index in [1.54, 1.807) is 25.2 Å². The molecule has 0 aliphatic heterocycles. The van der Waals surface area contributed by atoms with Crippen molar-refractivity contribution < 1.29 is 19.1 Å². The van der Waals surface area contributed by atoms with Gasteiger partial charge in [0.2, 0.25) is 11.8 Å². The van der Waals surface area contributed by atoms with Gasteiger partial charge in [0.15, 0.2) is 11.5 Å². The number of carbonyl (C=O) groups excluding carboxylic acids is 2. The predicted octanol–water partition coefficient (Wildman–Crippen LogP) is 1.97. The highest BCUT2D eigenvalue weighted by atomic mass is 16.5. The van der Waals surface area contributed by atoms with E-state index in [4.69, 9.17) is 9.47 Å². The van der Waals surface area contributed by atoms with Crippen molar-refractivity contribution in [3.8, 4) is 11.5 Å². The van der Waals surface area contributed by atoms with Gasteiger partial charge in [-0.3, -0.25) is 9.59 Å². The summed E-state index contributed by atoms with van der Waals surface area (Å²) < 4.78 is 10.4. The minimum absolute atomic E-state index is 0.0207. The third kappa shape index (κ3) is 5.81. The van der Waals surface area contributed by atoms with E-state index in [9.17, 15) is 9.59 Å². The number of benzene rings is 1. The number of nitrogens with zero attached hydrogens (tertiary/aromatic N) is 1. The first-order valence-corrected chi connectivity index (χ1v) is 7.63. The van der Waals surface area contributed by atoms with Crippen LogP contribution in [0.25, 0.3) is 0 Å². The van der Waals surface area contributed by atoms with Gasteiger partial charge in [0.1, 0.15) is 0 Å². The third-order valence-electron chi connectivity index (χ3n) is 3.55. The van der Waals surface area contributed by atoms with Crippen LogP contribution in [0.15, 0.2) is 18.2 Å². The average molecular weight is 322 g/mol. The normalized spacial score (nSPS) is 10.3. The Hall–Kier alpha value is -2.24. The maximum absolute atomic E-state index is 11.9. The zero-order valence-corrected chi connectivity index (χ0v) is 14.5. The number of ether oxygens (including phenoxy) is 2. The number of amides is 2. The van der Waals surface area contributed by atoms with Gasteiger partial charge in [0.05, 0.1) is 14.2 Å². The summed E-state index contributed by atoms with van der Waals surface area (Å²) in [5.41, 5.74) is 0.920. The highest BCUT2D eigenvalue weighted by molar-refractivity contribution is 5.78. The van der Waals surface area contributed by atoms with E-state index in [2.05, 4.69) is 5.32 Å². The second kappa shape index (κ2) is 9.02. The minimum atomic E-state index is -0.0910. The van der Waals surface area contributed by atoms with Crippen LogP contribution in [0.2, 0.25) is 0 Å². The summed E-state index contributed by atoms with van der Waals surface area (Å²) in [7, 11) is 3.15. The summed E-state index contributed by atoms with van der Waals surface area (Å²) in [6.45, 7) is 6.21. The fourth-order valence-electron chi connectivity index (χ4n) is 2.28. The van der Waals surface area contributed by atoms with Crippen molar-refractivity contribution in [2.24, 2.45) is 0 Å². The first kappa shape index (κ1) is 18.8. The molecule has 0 spiro atoms. The van der Waals surface area contributed by atoms with Crippen molar-refractivity contribution in [2.45, 2.75) is 39.8 Å². The topological polar surface area (TPSA) is 67.9 Å². The van der Waals surface area contributed by atoms with Gasteiger partial charge in [-0.15, -0.1) is 0 Å². The Labute approximate surface area is 137 Å². The molecule has 0 aliphatic rings. The molecule has 2 amide bonds. The second-order valence-corrected chi connectivity index (χ2v) is 5.52. The standard InChI is InChI=1S/C17H26N2O4/c1-12(2)19(13(3)20)9-8-17(21)18-11-14-6-7-15(22-4)16(10-14)23-5/h6-7,10,12H,8-9,11H2,1-5H3,(H,18,21). The molecule has 23 heavy (non-hydrogen) atoms. The van der Waals surface area contributed by atoms with Crippen molar-refractivity contribution in [3.63, 3.8) is 0 Å². The summed E-state index contributed by atoms with van der Waals surface area (Å²) in [5.74, 6) is 1.16. The number of carbonyl (C=O) groups is 2. The van der Waals surface area contributed by atoms with E-state index in [1.165, 1.54) is 6.92 Å². The smallest absolute Gasteiger partial charge is 0.222 e. The van der Waals surface area contributed by atoms with Crippen LogP contribution in [0.5, 0.6) is 11.5 Å². The van der Waals surface area contributed by atoms with Crippen molar-refractivity contribution in [3.05, 3.63) is 23.8 Å². The van der Waals surface area contributed by atoms with Gasteiger partial charge < -0.3 is 19.7 Å². The molecule has 1 rings (SSSR count). The number of methoxy groups -OCH3 is 2. The van der Waals surface area contributed by atoms with Crippen molar-refractivity contribution >= 4 is 11.8 Å². The first-order chi connectivity index (χ1) is 10.9. The first-order valence-electron chi connectivity index (χ1n) is 7.63. The lowest BCUT2D eigenvalue weighted by molar-refractivity contribution is -0.131. The van der Waals surface area contributed by atoms with Gasteiger partial charge in [-0.25, -0.2) is 0 Å². The van der Waals surface area contributed by atoms with Gasteiger partial charge in [0.25, 0.3) is 0 Å². The fourth-order valence-corrected chi connectivity index (χ4v) is 2.28. The Balaban J connectivity index is 2.51. The van der Waals surface area contributed by atoms with E-state index in [-0.39, 0.29) is 24.3 Å². The molecule has 0 unspecified atom stereocenters. The number of hydrogen-bond donors (Lipinski definition) is 1. The van der Waals surface area contributed by atoms with Crippen molar-refractivity contribution in [1.29, 1.82) is 0 Å². The van der Waals surface area contributed by atoms with E-state index < -0.39 is 0 Å². The fraction of sp³-hybridized carbons (Fsp3) is 0.529. The quantitative estimate of drug-likeness (QED) is 0.794. The Morgan fingerprint density at radius 3 is 2.35 bits per heavy atom. The molecular weight excluding hydrogens is 296 g/mol. The molecule has 6 heteroatoms. The summed E-state index contributed by atoms with van der Waals surface area (Å²) >= 11 is 0. The molecule has 0 bridgehead atoms. The molecule has 1 aromatic rings. The maximum Gasteiger partial charge on any atom is 0.222 e. The molecule has 128 valence electrons. The molecule has 0 radical (unpaired) electrons.